The Morgan fingerprint density at radius 1 is 1.44 bits per heavy atom. The molecule has 1 aromatic rings. The van der Waals surface area contributed by atoms with Gasteiger partial charge in [0.2, 0.25) is 11.8 Å². The Morgan fingerprint density at radius 3 is 3.17 bits per heavy atom. The van der Waals surface area contributed by atoms with Crippen molar-refractivity contribution >= 4 is 5.95 Å². The summed E-state index contributed by atoms with van der Waals surface area (Å²) >= 11 is 0. The molecule has 0 radical (unpaired) electrons. The Hall–Kier alpha value is -1.40. The van der Waals surface area contributed by atoms with Gasteiger partial charge >= 0.3 is 0 Å². The van der Waals surface area contributed by atoms with E-state index in [4.69, 9.17) is 9.47 Å². The molecule has 1 saturated heterocycles. The van der Waals surface area contributed by atoms with E-state index in [1.165, 1.54) is 0 Å². The number of hydrogen-bond donors (Lipinski definition) is 2. The predicted molar refractivity (Wildman–Crippen MR) is 66.6 cm³/mol. The van der Waals surface area contributed by atoms with Crippen molar-refractivity contribution in [2.24, 2.45) is 0 Å². The highest BCUT2D eigenvalue weighted by Crippen LogP contribution is 2.24. The fourth-order valence-electron chi connectivity index (χ4n) is 2.40. The molecule has 0 bridgehead atoms. The highest BCUT2D eigenvalue weighted by atomic mass is 16.5. The lowest BCUT2D eigenvalue weighted by Crippen LogP contribution is -2.20. The van der Waals surface area contributed by atoms with Crippen molar-refractivity contribution in [2.45, 2.75) is 32.0 Å². The molecule has 98 valence electrons. The zero-order chi connectivity index (χ0) is 12.4. The summed E-state index contributed by atoms with van der Waals surface area (Å²) in [5.74, 6) is 1.30. The number of anilines is 1. The lowest BCUT2D eigenvalue weighted by Gasteiger charge is -2.12. The molecule has 0 amide bonds. The summed E-state index contributed by atoms with van der Waals surface area (Å²) < 4.78 is 10.9. The molecule has 0 aliphatic carbocycles. The molecular formula is C12H18N4O2. The predicted octanol–water partition coefficient (Wildman–Crippen LogP) is 0.679. The molecule has 0 spiro atoms. The van der Waals surface area contributed by atoms with Gasteiger partial charge in [-0.1, -0.05) is 0 Å². The summed E-state index contributed by atoms with van der Waals surface area (Å²) in [5.41, 5.74) is 2.09. The van der Waals surface area contributed by atoms with Crippen LogP contribution in [0.25, 0.3) is 0 Å². The molecule has 0 saturated carbocycles. The molecule has 1 unspecified atom stereocenters. The Bertz CT molecular complexity index is 432. The van der Waals surface area contributed by atoms with Crippen molar-refractivity contribution in [1.82, 2.24) is 15.3 Å². The van der Waals surface area contributed by atoms with E-state index in [9.17, 15) is 0 Å². The molecule has 2 aliphatic rings. The minimum absolute atomic E-state index is 0.283. The van der Waals surface area contributed by atoms with Crippen LogP contribution in [0.2, 0.25) is 0 Å². The van der Waals surface area contributed by atoms with Gasteiger partial charge in [0.15, 0.2) is 0 Å². The minimum Gasteiger partial charge on any atom is -0.481 e. The number of fused-ring (bicyclic) bond motifs is 1. The summed E-state index contributed by atoms with van der Waals surface area (Å²) in [6.07, 6.45) is 2.53. The van der Waals surface area contributed by atoms with E-state index in [0.717, 1.165) is 50.3 Å². The van der Waals surface area contributed by atoms with Crippen molar-refractivity contribution in [3.63, 3.8) is 0 Å². The van der Waals surface area contributed by atoms with E-state index >= 15 is 0 Å². The highest BCUT2D eigenvalue weighted by molar-refractivity contribution is 5.40. The summed E-state index contributed by atoms with van der Waals surface area (Å²) in [6.45, 7) is 3.19. The van der Waals surface area contributed by atoms with Gasteiger partial charge in [0, 0.05) is 26.2 Å². The zero-order valence-electron chi connectivity index (χ0n) is 10.5. The van der Waals surface area contributed by atoms with E-state index in [1.807, 2.05) is 0 Å². The van der Waals surface area contributed by atoms with Gasteiger partial charge in [-0.2, -0.15) is 4.98 Å². The third kappa shape index (κ3) is 2.26. The van der Waals surface area contributed by atoms with Gasteiger partial charge < -0.3 is 20.1 Å². The lowest BCUT2D eigenvalue weighted by atomic mass is 10.2. The maximum absolute atomic E-state index is 5.56. The number of methoxy groups -OCH3 is 1. The van der Waals surface area contributed by atoms with Crippen LogP contribution in [-0.4, -0.2) is 36.3 Å². The van der Waals surface area contributed by atoms with Crippen LogP contribution in [0.3, 0.4) is 0 Å². The third-order valence-electron chi connectivity index (χ3n) is 3.35. The maximum atomic E-state index is 5.56. The van der Waals surface area contributed by atoms with Gasteiger partial charge in [-0.3, -0.25) is 0 Å². The van der Waals surface area contributed by atoms with E-state index in [-0.39, 0.29) is 6.10 Å². The van der Waals surface area contributed by atoms with E-state index in [1.54, 1.807) is 7.11 Å². The maximum Gasteiger partial charge on any atom is 0.226 e. The second-order valence-corrected chi connectivity index (χ2v) is 4.60. The largest absolute Gasteiger partial charge is 0.481 e. The van der Waals surface area contributed by atoms with Gasteiger partial charge in [0.1, 0.15) is 0 Å². The smallest absolute Gasteiger partial charge is 0.226 e. The van der Waals surface area contributed by atoms with Crippen LogP contribution in [0, 0.1) is 0 Å². The number of rotatable bonds is 4. The average Bonchev–Trinajstić information content (AvgIpc) is 3.06. The number of ether oxygens (including phenoxy) is 2. The second-order valence-electron chi connectivity index (χ2n) is 4.60. The van der Waals surface area contributed by atoms with Gasteiger partial charge in [0.05, 0.1) is 24.5 Å². The van der Waals surface area contributed by atoms with Crippen LogP contribution in [0.4, 0.5) is 5.95 Å². The Balaban J connectivity index is 1.71. The molecule has 6 nitrogen and oxygen atoms in total. The molecule has 1 atom stereocenters. The average molecular weight is 250 g/mol. The normalized spacial score (nSPS) is 21.9. The number of hydrogen-bond acceptors (Lipinski definition) is 6. The Kier molecular flexibility index (Phi) is 3.29. The molecule has 18 heavy (non-hydrogen) atoms. The zero-order valence-corrected chi connectivity index (χ0v) is 10.5. The molecule has 3 heterocycles. The monoisotopic (exact) mass is 250 g/mol. The lowest BCUT2D eigenvalue weighted by molar-refractivity contribution is 0.120. The standard InChI is InChI=1S/C12H18N4O2/c1-17-11-9-6-13-7-10(9)15-12(16-11)14-5-8-3-2-4-18-8/h8,13H,2-7H2,1H3,(H,14,15,16). The fourth-order valence-corrected chi connectivity index (χ4v) is 2.40. The third-order valence-corrected chi connectivity index (χ3v) is 3.35. The van der Waals surface area contributed by atoms with Gasteiger partial charge in [-0.15, -0.1) is 0 Å². The van der Waals surface area contributed by atoms with Crippen LogP contribution in [0.5, 0.6) is 5.88 Å². The van der Waals surface area contributed by atoms with Crippen LogP contribution in [-0.2, 0) is 17.8 Å². The summed E-state index contributed by atoms with van der Waals surface area (Å²) in [5, 5.41) is 6.49. The van der Waals surface area contributed by atoms with Gasteiger partial charge in [0.25, 0.3) is 0 Å². The van der Waals surface area contributed by atoms with Crippen molar-refractivity contribution in [2.75, 3.05) is 25.6 Å². The Labute approximate surface area is 106 Å². The molecule has 1 aromatic heterocycles. The molecule has 0 aromatic carbocycles. The SMILES string of the molecule is COc1nc(NCC2CCCO2)nc2c1CNC2. The van der Waals surface area contributed by atoms with Gasteiger partial charge in [-0.05, 0) is 12.8 Å². The molecule has 2 aliphatic heterocycles. The van der Waals surface area contributed by atoms with E-state index in [2.05, 4.69) is 20.6 Å². The number of aromatic nitrogens is 2. The first-order valence-electron chi connectivity index (χ1n) is 6.37. The molecule has 2 N–H and O–H groups in total. The second kappa shape index (κ2) is 5.07. The highest BCUT2D eigenvalue weighted by Gasteiger charge is 2.20. The van der Waals surface area contributed by atoms with Crippen LogP contribution in [0.1, 0.15) is 24.1 Å². The van der Waals surface area contributed by atoms with Gasteiger partial charge in [-0.25, -0.2) is 4.98 Å². The molecule has 1 fully saturated rings. The Morgan fingerprint density at radius 2 is 2.39 bits per heavy atom. The topological polar surface area (TPSA) is 68.3 Å². The molecular weight excluding hydrogens is 232 g/mol. The quantitative estimate of drug-likeness (QED) is 0.819. The summed E-state index contributed by atoms with van der Waals surface area (Å²) in [7, 11) is 1.64. The van der Waals surface area contributed by atoms with Crippen molar-refractivity contribution in [3.05, 3.63) is 11.3 Å². The van der Waals surface area contributed by atoms with E-state index < -0.39 is 0 Å². The van der Waals surface area contributed by atoms with Crippen LogP contribution < -0.4 is 15.4 Å². The molecule has 3 rings (SSSR count). The van der Waals surface area contributed by atoms with Crippen molar-refractivity contribution < 1.29 is 9.47 Å². The number of nitrogens with zero attached hydrogens (tertiary/aromatic N) is 2. The molecule has 6 heteroatoms. The van der Waals surface area contributed by atoms with Crippen LogP contribution >= 0.6 is 0 Å². The fraction of sp³-hybridized carbons (Fsp3) is 0.667. The van der Waals surface area contributed by atoms with E-state index in [0.29, 0.717) is 11.8 Å². The summed E-state index contributed by atoms with van der Waals surface area (Å²) in [6, 6.07) is 0. The van der Waals surface area contributed by atoms with Crippen molar-refractivity contribution in [3.8, 4) is 5.88 Å². The summed E-state index contributed by atoms with van der Waals surface area (Å²) in [4.78, 5) is 8.89. The minimum atomic E-state index is 0.283. The number of nitrogens with one attached hydrogen (secondary N) is 2. The van der Waals surface area contributed by atoms with Crippen molar-refractivity contribution in [1.29, 1.82) is 0 Å². The first-order chi connectivity index (χ1) is 8.86. The first kappa shape index (κ1) is 11.7. The van der Waals surface area contributed by atoms with Crippen LogP contribution in [0.15, 0.2) is 0 Å². The first-order valence-corrected chi connectivity index (χ1v) is 6.37.